The lowest BCUT2D eigenvalue weighted by Crippen LogP contribution is -2.30. The monoisotopic (exact) mass is 251 g/mol. The van der Waals surface area contributed by atoms with Gasteiger partial charge in [-0.2, -0.15) is 0 Å². The number of anilines is 1. The van der Waals surface area contributed by atoms with E-state index in [1.54, 1.807) is 0 Å². The molecule has 94 valence electrons. The van der Waals surface area contributed by atoms with Crippen LogP contribution in [0.2, 0.25) is 5.02 Å². The van der Waals surface area contributed by atoms with Gasteiger partial charge in [0.15, 0.2) is 0 Å². The van der Waals surface area contributed by atoms with Crippen molar-refractivity contribution >= 4 is 17.3 Å². The molecule has 0 heterocycles. The van der Waals surface area contributed by atoms with Gasteiger partial charge in [0.05, 0.1) is 0 Å². The Labute approximate surface area is 110 Å². The van der Waals surface area contributed by atoms with E-state index in [1.807, 2.05) is 13.0 Å². The summed E-state index contributed by atoms with van der Waals surface area (Å²) in [7, 11) is 0. The molecule has 1 aliphatic carbocycles. The molecular formula is C15H22ClN. The van der Waals surface area contributed by atoms with Crippen molar-refractivity contribution in [1.82, 2.24) is 0 Å². The van der Waals surface area contributed by atoms with Crippen LogP contribution in [-0.4, -0.2) is 6.04 Å². The minimum Gasteiger partial charge on any atom is -0.382 e. The van der Waals surface area contributed by atoms with Gasteiger partial charge in [0.2, 0.25) is 0 Å². The molecule has 2 heteroatoms. The summed E-state index contributed by atoms with van der Waals surface area (Å²) in [6.07, 6.45) is 3.92. The summed E-state index contributed by atoms with van der Waals surface area (Å²) < 4.78 is 0. The van der Waals surface area contributed by atoms with Crippen molar-refractivity contribution in [3.05, 3.63) is 28.8 Å². The Hall–Kier alpha value is -0.690. The molecule has 0 saturated heterocycles. The maximum atomic E-state index is 6.15. The Kier molecular flexibility index (Phi) is 3.98. The van der Waals surface area contributed by atoms with Gasteiger partial charge < -0.3 is 5.32 Å². The Morgan fingerprint density at radius 1 is 1.12 bits per heavy atom. The molecule has 1 aromatic carbocycles. The van der Waals surface area contributed by atoms with E-state index in [4.69, 9.17) is 11.6 Å². The minimum atomic E-state index is 0.604. The molecule has 1 aliphatic rings. The number of rotatable bonds is 2. The summed E-state index contributed by atoms with van der Waals surface area (Å²) in [6.45, 7) is 6.75. The molecule has 1 nitrogen and oxygen atoms in total. The summed E-state index contributed by atoms with van der Waals surface area (Å²) in [4.78, 5) is 0. The first-order valence-corrected chi connectivity index (χ1v) is 6.95. The zero-order chi connectivity index (χ0) is 12.4. The van der Waals surface area contributed by atoms with Crippen molar-refractivity contribution in [3.63, 3.8) is 0 Å². The lowest BCUT2D eigenvalue weighted by Gasteiger charge is -2.32. The van der Waals surface area contributed by atoms with Gasteiger partial charge in [-0.25, -0.2) is 0 Å². The van der Waals surface area contributed by atoms with Gasteiger partial charge in [0.1, 0.15) is 0 Å². The van der Waals surface area contributed by atoms with E-state index in [1.165, 1.54) is 19.3 Å². The van der Waals surface area contributed by atoms with Gasteiger partial charge in [-0.05, 0) is 55.7 Å². The van der Waals surface area contributed by atoms with Crippen molar-refractivity contribution < 1.29 is 0 Å². The van der Waals surface area contributed by atoms with Crippen LogP contribution in [0.4, 0.5) is 5.69 Å². The number of halogens is 1. The van der Waals surface area contributed by atoms with Crippen LogP contribution in [0.15, 0.2) is 18.2 Å². The smallest absolute Gasteiger partial charge is 0.0455 e. The van der Waals surface area contributed by atoms with Gasteiger partial charge in [0, 0.05) is 16.8 Å². The third-order valence-electron chi connectivity index (χ3n) is 3.72. The predicted molar refractivity (Wildman–Crippen MR) is 75.8 cm³/mol. The maximum Gasteiger partial charge on any atom is 0.0455 e. The molecule has 1 saturated carbocycles. The molecule has 2 unspecified atom stereocenters. The van der Waals surface area contributed by atoms with Gasteiger partial charge in [0.25, 0.3) is 0 Å². The predicted octanol–water partition coefficient (Wildman–Crippen LogP) is 4.89. The lowest BCUT2D eigenvalue weighted by molar-refractivity contribution is 0.281. The second-order valence-corrected chi connectivity index (χ2v) is 6.13. The minimum absolute atomic E-state index is 0.604. The normalized spacial score (nSPS) is 29.1. The van der Waals surface area contributed by atoms with E-state index in [0.717, 1.165) is 28.1 Å². The Morgan fingerprint density at radius 3 is 2.35 bits per heavy atom. The van der Waals surface area contributed by atoms with Crippen molar-refractivity contribution in [3.8, 4) is 0 Å². The summed E-state index contributed by atoms with van der Waals surface area (Å²) >= 11 is 6.15. The van der Waals surface area contributed by atoms with Crippen LogP contribution >= 0.6 is 11.6 Å². The quantitative estimate of drug-likeness (QED) is 0.790. The fourth-order valence-corrected chi connectivity index (χ4v) is 3.16. The molecule has 0 bridgehead atoms. The molecule has 0 spiro atoms. The molecule has 0 aromatic heterocycles. The van der Waals surface area contributed by atoms with Crippen LogP contribution in [-0.2, 0) is 0 Å². The molecule has 0 amide bonds. The number of benzene rings is 1. The molecule has 2 atom stereocenters. The van der Waals surface area contributed by atoms with Crippen LogP contribution in [0.3, 0.4) is 0 Å². The van der Waals surface area contributed by atoms with Gasteiger partial charge in [-0.1, -0.05) is 31.5 Å². The summed E-state index contributed by atoms with van der Waals surface area (Å²) in [6, 6.07) is 6.86. The highest BCUT2D eigenvalue weighted by Gasteiger charge is 2.23. The third kappa shape index (κ3) is 3.38. The lowest BCUT2D eigenvalue weighted by atomic mass is 9.80. The first kappa shape index (κ1) is 12.8. The van der Waals surface area contributed by atoms with E-state index >= 15 is 0 Å². The molecule has 2 rings (SSSR count). The van der Waals surface area contributed by atoms with Crippen molar-refractivity contribution in [2.75, 3.05) is 5.32 Å². The van der Waals surface area contributed by atoms with E-state index in [0.29, 0.717) is 6.04 Å². The fourth-order valence-electron chi connectivity index (χ4n) is 2.98. The van der Waals surface area contributed by atoms with Crippen molar-refractivity contribution in [2.45, 2.75) is 46.1 Å². The Balaban J connectivity index is 2.02. The molecule has 17 heavy (non-hydrogen) atoms. The van der Waals surface area contributed by atoms with Crippen molar-refractivity contribution in [1.29, 1.82) is 0 Å². The van der Waals surface area contributed by atoms with Crippen LogP contribution in [0, 0.1) is 18.8 Å². The summed E-state index contributed by atoms with van der Waals surface area (Å²) in [5, 5.41) is 4.48. The number of nitrogens with one attached hydrogen (secondary N) is 1. The highest BCUT2D eigenvalue weighted by molar-refractivity contribution is 6.31. The highest BCUT2D eigenvalue weighted by Crippen LogP contribution is 2.31. The standard InChI is InChI=1S/C15H22ClN/c1-10-6-11(2)8-14(7-10)17-13-5-4-12(3)15(16)9-13/h4-5,9-11,14,17H,6-8H2,1-3H3. The van der Waals surface area contributed by atoms with Gasteiger partial charge >= 0.3 is 0 Å². The van der Waals surface area contributed by atoms with Crippen LogP contribution < -0.4 is 5.32 Å². The Bertz CT molecular complexity index is 379. The van der Waals surface area contributed by atoms with Gasteiger partial charge in [-0.15, -0.1) is 0 Å². The Morgan fingerprint density at radius 2 is 1.76 bits per heavy atom. The first-order valence-electron chi connectivity index (χ1n) is 6.57. The second kappa shape index (κ2) is 5.30. The average Bonchev–Trinajstić information content (AvgIpc) is 2.22. The summed E-state index contributed by atoms with van der Waals surface area (Å²) in [5.41, 5.74) is 2.30. The first-order chi connectivity index (χ1) is 8.04. The van der Waals surface area contributed by atoms with Gasteiger partial charge in [-0.3, -0.25) is 0 Å². The maximum absolute atomic E-state index is 6.15. The number of hydrogen-bond acceptors (Lipinski definition) is 1. The average molecular weight is 252 g/mol. The fraction of sp³-hybridized carbons (Fsp3) is 0.600. The van der Waals surface area contributed by atoms with E-state index in [2.05, 4.69) is 31.3 Å². The molecule has 0 aliphatic heterocycles. The second-order valence-electron chi connectivity index (χ2n) is 5.72. The third-order valence-corrected chi connectivity index (χ3v) is 4.13. The summed E-state index contributed by atoms with van der Waals surface area (Å²) in [5.74, 6) is 1.66. The largest absolute Gasteiger partial charge is 0.382 e. The van der Waals surface area contributed by atoms with E-state index in [-0.39, 0.29) is 0 Å². The van der Waals surface area contributed by atoms with Crippen LogP contribution in [0.5, 0.6) is 0 Å². The molecule has 1 fully saturated rings. The molecular weight excluding hydrogens is 230 g/mol. The van der Waals surface area contributed by atoms with E-state index < -0.39 is 0 Å². The van der Waals surface area contributed by atoms with Crippen LogP contribution in [0.25, 0.3) is 0 Å². The topological polar surface area (TPSA) is 12.0 Å². The molecule has 1 aromatic rings. The highest BCUT2D eigenvalue weighted by atomic mass is 35.5. The van der Waals surface area contributed by atoms with Crippen molar-refractivity contribution in [2.24, 2.45) is 11.8 Å². The van der Waals surface area contributed by atoms with Crippen LogP contribution in [0.1, 0.15) is 38.7 Å². The number of aryl methyl sites for hydroxylation is 1. The van der Waals surface area contributed by atoms with E-state index in [9.17, 15) is 0 Å². The SMILES string of the molecule is Cc1ccc(NC2CC(C)CC(C)C2)cc1Cl. The molecule has 1 N–H and O–H groups in total. The molecule has 0 radical (unpaired) electrons. The zero-order valence-corrected chi connectivity index (χ0v) is 11.7. The zero-order valence-electron chi connectivity index (χ0n) is 11.0. The number of hydrogen-bond donors (Lipinski definition) is 1.